The van der Waals surface area contributed by atoms with Gasteiger partial charge in [-0.05, 0) is 44.2 Å². The first-order valence-corrected chi connectivity index (χ1v) is 7.16. The molecular weight excluding hydrogens is 222 g/mol. The van der Waals surface area contributed by atoms with Crippen molar-refractivity contribution in [3.8, 4) is 0 Å². The number of aromatic nitrogens is 1. The Balaban J connectivity index is 1.78. The number of fused-ring (bicyclic) bond motifs is 2. The first-order chi connectivity index (χ1) is 8.74. The van der Waals surface area contributed by atoms with Crippen LogP contribution in [0.3, 0.4) is 0 Å². The van der Waals surface area contributed by atoms with Crippen molar-refractivity contribution in [2.75, 3.05) is 0 Å². The van der Waals surface area contributed by atoms with E-state index in [9.17, 15) is 0 Å². The summed E-state index contributed by atoms with van der Waals surface area (Å²) in [6.45, 7) is 3.17. The number of piperidine rings is 2. The van der Waals surface area contributed by atoms with Crippen LogP contribution in [0.2, 0.25) is 0 Å². The van der Waals surface area contributed by atoms with Gasteiger partial charge in [0.2, 0.25) is 0 Å². The average molecular weight is 245 g/mol. The molecule has 2 unspecified atom stereocenters. The number of nitrogens with zero attached hydrogens (tertiary/aromatic N) is 2. The lowest BCUT2D eigenvalue weighted by Crippen LogP contribution is -2.54. The van der Waals surface area contributed by atoms with Crippen LogP contribution in [-0.4, -0.2) is 28.0 Å². The molecule has 2 N–H and O–H groups in total. The van der Waals surface area contributed by atoms with Crippen LogP contribution >= 0.6 is 0 Å². The lowest BCUT2D eigenvalue weighted by Gasteiger charge is -2.48. The molecule has 0 radical (unpaired) electrons. The average Bonchev–Trinajstić information content (AvgIpc) is 2.33. The Bertz CT molecular complexity index is 404. The Hall–Kier alpha value is -0.930. The first-order valence-electron chi connectivity index (χ1n) is 7.16. The molecule has 2 aliphatic heterocycles. The predicted molar refractivity (Wildman–Crippen MR) is 73.2 cm³/mol. The van der Waals surface area contributed by atoms with Gasteiger partial charge in [0.25, 0.3) is 0 Å². The fraction of sp³-hybridized carbons (Fsp3) is 0.667. The molecule has 18 heavy (non-hydrogen) atoms. The zero-order valence-corrected chi connectivity index (χ0v) is 11.2. The van der Waals surface area contributed by atoms with Crippen molar-refractivity contribution in [3.05, 3.63) is 29.6 Å². The molecule has 1 aromatic heterocycles. The normalized spacial score (nSPS) is 32.4. The summed E-state index contributed by atoms with van der Waals surface area (Å²) in [7, 11) is 0. The van der Waals surface area contributed by atoms with Crippen molar-refractivity contribution in [1.29, 1.82) is 0 Å². The number of rotatable bonds is 2. The number of hydrogen-bond acceptors (Lipinski definition) is 3. The van der Waals surface area contributed by atoms with E-state index >= 15 is 0 Å². The highest BCUT2D eigenvalue weighted by Crippen LogP contribution is 2.34. The third kappa shape index (κ3) is 2.29. The zero-order chi connectivity index (χ0) is 12.5. The summed E-state index contributed by atoms with van der Waals surface area (Å²) >= 11 is 0. The Labute approximate surface area is 109 Å². The zero-order valence-electron chi connectivity index (χ0n) is 11.2. The highest BCUT2D eigenvalue weighted by molar-refractivity contribution is 5.18. The number of nitrogens with two attached hydrogens (primary N) is 1. The number of aryl methyl sites for hydroxylation is 1. The van der Waals surface area contributed by atoms with Gasteiger partial charge in [-0.1, -0.05) is 12.5 Å². The van der Waals surface area contributed by atoms with Gasteiger partial charge in [-0.25, -0.2) is 0 Å². The van der Waals surface area contributed by atoms with Gasteiger partial charge in [-0.2, -0.15) is 0 Å². The first kappa shape index (κ1) is 12.1. The Morgan fingerprint density at radius 2 is 2.06 bits per heavy atom. The van der Waals surface area contributed by atoms with Crippen LogP contribution in [0.4, 0.5) is 0 Å². The highest BCUT2D eigenvalue weighted by atomic mass is 15.2. The van der Waals surface area contributed by atoms with Gasteiger partial charge in [-0.3, -0.25) is 9.88 Å². The van der Waals surface area contributed by atoms with E-state index in [1.165, 1.54) is 43.4 Å². The molecule has 0 amide bonds. The van der Waals surface area contributed by atoms with Gasteiger partial charge in [0.1, 0.15) is 0 Å². The molecule has 2 bridgehead atoms. The summed E-state index contributed by atoms with van der Waals surface area (Å²) in [6.07, 6.45) is 8.25. The highest BCUT2D eigenvalue weighted by Gasteiger charge is 2.37. The lowest BCUT2D eigenvalue weighted by atomic mass is 9.82. The minimum Gasteiger partial charge on any atom is -0.328 e. The van der Waals surface area contributed by atoms with Gasteiger partial charge >= 0.3 is 0 Å². The molecule has 0 saturated carbocycles. The van der Waals surface area contributed by atoms with Crippen LogP contribution in [0, 0.1) is 6.92 Å². The Kier molecular flexibility index (Phi) is 3.35. The van der Waals surface area contributed by atoms with Crippen LogP contribution in [0.25, 0.3) is 0 Å². The monoisotopic (exact) mass is 245 g/mol. The smallest absolute Gasteiger partial charge is 0.0573 e. The van der Waals surface area contributed by atoms with Gasteiger partial charge in [0, 0.05) is 30.9 Å². The summed E-state index contributed by atoms with van der Waals surface area (Å²) in [5.74, 6) is 0. The van der Waals surface area contributed by atoms with Gasteiger partial charge < -0.3 is 5.73 Å². The maximum Gasteiger partial charge on any atom is 0.0573 e. The van der Waals surface area contributed by atoms with Gasteiger partial charge in [0.05, 0.1) is 5.69 Å². The molecule has 0 aliphatic carbocycles. The van der Waals surface area contributed by atoms with Crippen molar-refractivity contribution < 1.29 is 0 Å². The van der Waals surface area contributed by atoms with E-state index in [0.717, 1.165) is 6.54 Å². The van der Waals surface area contributed by atoms with Crippen LogP contribution in [0.1, 0.15) is 43.4 Å². The van der Waals surface area contributed by atoms with Crippen LogP contribution in [0.15, 0.2) is 18.3 Å². The third-order valence-electron chi connectivity index (χ3n) is 4.61. The number of pyridine rings is 1. The topological polar surface area (TPSA) is 42.2 Å². The van der Waals surface area contributed by atoms with E-state index in [1.807, 2.05) is 12.3 Å². The van der Waals surface area contributed by atoms with E-state index in [0.29, 0.717) is 18.1 Å². The quantitative estimate of drug-likeness (QED) is 0.869. The standard InChI is InChI=1S/C15H23N3/c1-11-4-3-7-17-15(11)10-18-13-5-2-6-14(18)9-12(16)8-13/h3-4,7,12-14H,2,5-6,8-10,16H2,1H3. The second-order valence-corrected chi connectivity index (χ2v) is 5.91. The molecule has 3 heteroatoms. The molecule has 3 nitrogen and oxygen atoms in total. The second-order valence-electron chi connectivity index (χ2n) is 5.91. The summed E-state index contributed by atoms with van der Waals surface area (Å²) < 4.78 is 0. The minimum atomic E-state index is 0.418. The molecular formula is C15H23N3. The van der Waals surface area contributed by atoms with Crippen LogP contribution in [0.5, 0.6) is 0 Å². The molecule has 0 aromatic carbocycles. The van der Waals surface area contributed by atoms with E-state index in [2.05, 4.69) is 22.9 Å². The molecule has 0 spiro atoms. The fourth-order valence-electron chi connectivity index (χ4n) is 3.64. The lowest BCUT2D eigenvalue weighted by molar-refractivity contribution is 0.0233. The SMILES string of the molecule is Cc1cccnc1CN1C2CCCC1CC(N)C2. The predicted octanol–water partition coefficient (Wildman–Crippen LogP) is 2.23. The second kappa shape index (κ2) is 4.98. The van der Waals surface area contributed by atoms with Gasteiger partial charge in [0.15, 0.2) is 0 Å². The maximum atomic E-state index is 6.17. The number of hydrogen-bond donors (Lipinski definition) is 1. The third-order valence-corrected chi connectivity index (χ3v) is 4.61. The van der Waals surface area contributed by atoms with E-state index in [4.69, 9.17) is 5.73 Å². The summed E-state index contributed by atoms with van der Waals surface area (Å²) in [5.41, 5.74) is 8.72. The summed E-state index contributed by atoms with van der Waals surface area (Å²) in [4.78, 5) is 7.21. The molecule has 3 rings (SSSR count). The van der Waals surface area contributed by atoms with E-state index in [-0.39, 0.29) is 0 Å². The molecule has 3 heterocycles. The van der Waals surface area contributed by atoms with Crippen molar-refractivity contribution in [3.63, 3.8) is 0 Å². The van der Waals surface area contributed by atoms with Crippen LogP contribution < -0.4 is 5.73 Å². The summed E-state index contributed by atoms with van der Waals surface area (Å²) in [6, 6.07) is 5.98. The van der Waals surface area contributed by atoms with Crippen molar-refractivity contribution in [2.24, 2.45) is 5.73 Å². The Morgan fingerprint density at radius 3 is 2.72 bits per heavy atom. The molecule has 2 atom stereocenters. The summed E-state index contributed by atoms with van der Waals surface area (Å²) in [5, 5.41) is 0. The fourth-order valence-corrected chi connectivity index (χ4v) is 3.64. The largest absolute Gasteiger partial charge is 0.328 e. The molecule has 98 valence electrons. The minimum absolute atomic E-state index is 0.418. The molecule has 2 fully saturated rings. The van der Waals surface area contributed by atoms with E-state index in [1.54, 1.807) is 0 Å². The Morgan fingerprint density at radius 1 is 1.33 bits per heavy atom. The van der Waals surface area contributed by atoms with Crippen molar-refractivity contribution >= 4 is 0 Å². The maximum absolute atomic E-state index is 6.17. The molecule has 2 aliphatic rings. The van der Waals surface area contributed by atoms with Crippen molar-refractivity contribution in [2.45, 2.75) is 63.7 Å². The van der Waals surface area contributed by atoms with Gasteiger partial charge in [-0.15, -0.1) is 0 Å². The van der Waals surface area contributed by atoms with Crippen LogP contribution in [-0.2, 0) is 6.54 Å². The molecule has 1 aromatic rings. The van der Waals surface area contributed by atoms with Crippen molar-refractivity contribution in [1.82, 2.24) is 9.88 Å². The van der Waals surface area contributed by atoms with E-state index < -0.39 is 0 Å². The molecule has 2 saturated heterocycles.